The number of carbonyl (C=O) groups is 1. The van der Waals surface area contributed by atoms with Crippen LogP contribution in [-0.2, 0) is 11.3 Å². The molecule has 0 aliphatic carbocycles. The van der Waals surface area contributed by atoms with Crippen molar-refractivity contribution in [1.29, 1.82) is 0 Å². The van der Waals surface area contributed by atoms with Crippen LogP contribution in [-0.4, -0.2) is 48.5 Å². The highest BCUT2D eigenvalue weighted by Gasteiger charge is 2.27. The number of methoxy groups -OCH3 is 1. The van der Waals surface area contributed by atoms with Gasteiger partial charge in [0.2, 0.25) is 11.7 Å². The van der Waals surface area contributed by atoms with Gasteiger partial charge < -0.3 is 9.64 Å². The maximum absolute atomic E-state index is 14.3. The Hall–Kier alpha value is -1.69. The summed E-state index contributed by atoms with van der Waals surface area (Å²) >= 11 is 0. The molecular formula is C19H26F2N2O2. The molecule has 2 fully saturated rings. The Balaban J connectivity index is 1.65. The number of rotatable bonds is 6. The Morgan fingerprint density at radius 3 is 2.72 bits per heavy atom. The first-order valence-corrected chi connectivity index (χ1v) is 9.13. The van der Waals surface area contributed by atoms with E-state index in [1.807, 2.05) is 4.90 Å². The molecule has 2 aliphatic heterocycles. The lowest BCUT2D eigenvalue weighted by Gasteiger charge is -2.36. The highest BCUT2D eigenvalue weighted by atomic mass is 19.2. The summed E-state index contributed by atoms with van der Waals surface area (Å²) < 4.78 is 33.1. The van der Waals surface area contributed by atoms with Crippen molar-refractivity contribution in [2.75, 3.05) is 26.7 Å². The Kier molecular flexibility index (Phi) is 5.89. The van der Waals surface area contributed by atoms with Gasteiger partial charge in [0, 0.05) is 37.7 Å². The van der Waals surface area contributed by atoms with Gasteiger partial charge in [0.1, 0.15) is 0 Å². The van der Waals surface area contributed by atoms with Gasteiger partial charge in [-0.25, -0.2) is 4.39 Å². The molecule has 0 bridgehead atoms. The van der Waals surface area contributed by atoms with E-state index in [9.17, 15) is 13.6 Å². The third-order valence-corrected chi connectivity index (χ3v) is 5.37. The Bertz CT molecular complexity index is 624. The summed E-state index contributed by atoms with van der Waals surface area (Å²) in [5.41, 5.74) is 0.363. The number of amides is 1. The lowest BCUT2D eigenvalue weighted by atomic mass is 9.98. The number of carbonyl (C=O) groups excluding carboxylic acids is 1. The van der Waals surface area contributed by atoms with Gasteiger partial charge in [-0.3, -0.25) is 9.69 Å². The summed E-state index contributed by atoms with van der Waals surface area (Å²) in [6.07, 6.45) is 5.76. The van der Waals surface area contributed by atoms with Gasteiger partial charge >= 0.3 is 0 Å². The number of hydrogen-bond acceptors (Lipinski definition) is 3. The Morgan fingerprint density at radius 2 is 2.00 bits per heavy atom. The lowest BCUT2D eigenvalue weighted by molar-refractivity contribution is -0.127. The number of likely N-dealkylation sites (tertiary alicyclic amines) is 2. The largest absolute Gasteiger partial charge is 0.494 e. The van der Waals surface area contributed by atoms with Crippen LogP contribution >= 0.6 is 0 Å². The highest BCUT2D eigenvalue weighted by Crippen LogP contribution is 2.27. The number of halogens is 2. The standard InChI is InChI=1S/C19H26F2N2O2/c1-25-16-8-7-14(18(20)19(16)21)13-23-10-3-2-5-15(23)9-12-22-11-4-6-17(22)24/h7-8,15H,2-6,9-13H2,1H3/t15-/m0/s1. The molecule has 138 valence electrons. The molecule has 0 spiro atoms. The molecule has 2 saturated heterocycles. The third kappa shape index (κ3) is 4.11. The second kappa shape index (κ2) is 8.13. The zero-order chi connectivity index (χ0) is 17.8. The zero-order valence-corrected chi connectivity index (χ0v) is 14.8. The van der Waals surface area contributed by atoms with Crippen LogP contribution < -0.4 is 4.74 Å². The molecule has 2 aliphatic rings. The first-order valence-electron chi connectivity index (χ1n) is 9.13. The summed E-state index contributed by atoms with van der Waals surface area (Å²) in [7, 11) is 1.33. The molecule has 6 heteroatoms. The van der Waals surface area contributed by atoms with Crippen molar-refractivity contribution in [2.45, 2.75) is 51.1 Å². The van der Waals surface area contributed by atoms with Gasteiger partial charge in [-0.2, -0.15) is 4.39 Å². The maximum Gasteiger partial charge on any atom is 0.222 e. The van der Waals surface area contributed by atoms with Crippen LogP contribution in [0.15, 0.2) is 12.1 Å². The van der Waals surface area contributed by atoms with E-state index in [2.05, 4.69) is 4.90 Å². The van der Waals surface area contributed by atoms with E-state index in [4.69, 9.17) is 4.74 Å². The van der Waals surface area contributed by atoms with E-state index in [1.54, 1.807) is 6.07 Å². The average Bonchev–Trinajstić information content (AvgIpc) is 3.03. The van der Waals surface area contributed by atoms with Crippen molar-refractivity contribution >= 4 is 5.91 Å². The van der Waals surface area contributed by atoms with Crippen molar-refractivity contribution in [3.05, 3.63) is 29.3 Å². The molecule has 0 aromatic heterocycles. The minimum Gasteiger partial charge on any atom is -0.494 e. The van der Waals surface area contributed by atoms with E-state index >= 15 is 0 Å². The maximum atomic E-state index is 14.3. The molecule has 1 atom stereocenters. The number of benzene rings is 1. The average molecular weight is 352 g/mol. The molecule has 0 saturated carbocycles. The molecule has 4 nitrogen and oxygen atoms in total. The predicted molar refractivity (Wildman–Crippen MR) is 91.4 cm³/mol. The molecule has 3 rings (SSSR count). The third-order valence-electron chi connectivity index (χ3n) is 5.37. The van der Waals surface area contributed by atoms with Crippen LogP contribution in [0.5, 0.6) is 5.75 Å². The molecule has 25 heavy (non-hydrogen) atoms. The fraction of sp³-hybridized carbons (Fsp3) is 0.632. The minimum atomic E-state index is -0.920. The van der Waals surface area contributed by atoms with E-state index in [0.717, 1.165) is 51.7 Å². The second-order valence-electron chi connectivity index (χ2n) is 6.95. The lowest BCUT2D eigenvalue weighted by Crippen LogP contribution is -2.41. The highest BCUT2D eigenvalue weighted by molar-refractivity contribution is 5.78. The molecular weight excluding hydrogens is 326 g/mol. The molecule has 0 radical (unpaired) electrons. The van der Waals surface area contributed by atoms with Crippen molar-refractivity contribution in [3.8, 4) is 5.75 Å². The molecule has 0 unspecified atom stereocenters. The zero-order valence-electron chi connectivity index (χ0n) is 14.8. The van der Waals surface area contributed by atoms with Crippen LogP contribution in [0.25, 0.3) is 0 Å². The monoisotopic (exact) mass is 352 g/mol. The fourth-order valence-corrected chi connectivity index (χ4v) is 3.91. The smallest absolute Gasteiger partial charge is 0.222 e. The number of piperidine rings is 1. The number of ether oxygens (including phenoxy) is 1. The number of nitrogens with zero attached hydrogens (tertiary/aromatic N) is 2. The first-order chi connectivity index (χ1) is 12.1. The quantitative estimate of drug-likeness (QED) is 0.787. The first kappa shape index (κ1) is 18.1. The van der Waals surface area contributed by atoms with Gasteiger partial charge in [-0.15, -0.1) is 0 Å². The van der Waals surface area contributed by atoms with E-state index in [1.165, 1.54) is 13.2 Å². The van der Waals surface area contributed by atoms with Crippen LogP contribution in [0.3, 0.4) is 0 Å². The van der Waals surface area contributed by atoms with Crippen molar-refractivity contribution in [1.82, 2.24) is 9.80 Å². The topological polar surface area (TPSA) is 32.8 Å². The normalized spacial score (nSPS) is 21.8. The van der Waals surface area contributed by atoms with Crippen molar-refractivity contribution in [2.24, 2.45) is 0 Å². The van der Waals surface area contributed by atoms with E-state index in [0.29, 0.717) is 24.6 Å². The summed E-state index contributed by atoms with van der Waals surface area (Å²) in [4.78, 5) is 15.9. The SMILES string of the molecule is COc1ccc(CN2CCCC[C@H]2CCN2CCCC2=O)c(F)c1F. The summed E-state index contributed by atoms with van der Waals surface area (Å²) in [5.74, 6) is -1.57. The summed E-state index contributed by atoms with van der Waals surface area (Å²) in [5, 5.41) is 0. The predicted octanol–water partition coefficient (Wildman–Crippen LogP) is 3.34. The molecule has 2 heterocycles. The molecule has 1 aromatic rings. The summed E-state index contributed by atoms with van der Waals surface area (Å²) in [6.45, 7) is 2.89. The van der Waals surface area contributed by atoms with Gasteiger partial charge in [0.25, 0.3) is 0 Å². The van der Waals surface area contributed by atoms with Crippen LogP contribution in [0.4, 0.5) is 8.78 Å². The second-order valence-corrected chi connectivity index (χ2v) is 6.95. The van der Waals surface area contributed by atoms with Crippen molar-refractivity contribution < 1.29 is 18.3 Å². The van der Waals surface area contributed by atoms with Gasteiger partial charge in [-0.1, -0.05) is 12.5 Å². The summed E-state index contributed by atoms with van der Waals surface area (Å²) in [6, 6.07) is 3.40. The molecule has 1 amide bonds. The molecule has 1 aromatic carbocycles. The minimum absolute atomic E-state index is 0.0658. The number of hydrogen-bond donors (Lipinski definition) is 0. The van der Waals surface area contributed by atoms with Gasteiger partial charge in [0.15, 0.2) is 11.6 Å². The fourth-order valence-electron chi connectivity index (χ4n) is 3.91. The van der Waals surface area contributed by atoms with Crippen LogP contribution in [0, 0.1) is 11.6 Å². The van der Waals surface area contributed by atoms with E-state index < -0.39 is 11.6 Å². The van der Waals surface area contributed by atoms with Crippen LogP contribution in [0.1, 0.15) is 44.1 Å². The molecule has 0 N–H and O–H groups in total. The van der Waals surface area contributed by atoms with Gasteiger partial charge in [0.05, 0.1) is 7.11 Å². The van der Waals surface area contributed by atoms with Crippen LogP contribution in [0.2, 0.25) is 0 Å². The van der Waals surface area contributed by atoms with Gasteiger partial charge in [-0.05, 0) is 38.3 Å². The van der Waals surface area contributed by atoms with Crippen molar-refractivity contribution in [3.63, 3.8) is 0 Å². The van der Waals surface area contributed by atoms with E-state index in [-0.39, 0.29) is 11.7 Å². The Labute approximate surface area is 147 Å². The Morgan fingerprint density at radius 1 is 1.16 bits per heavy atom.